The molecule has 3 N–H and O–H groups in total. The molecule has 0 aliphatic rings. The molecule has 0 aliphatic carbocycles. The van der Waals surface area contributed by atoms with E-state index in [1.165, 1.54) is 16.7 Å². The third-order valence-corrected chi connectivity index (χ3v) is 5.31. The highest BCUT2D eigenvalue weighted by Crippen LogP contribution is 2.35. The second-order valence-electron chi connectivity index (χ2n) is 7.41. The highest BCUT2D eigenvalue weighted by atomic mass is 16.5. The molecule has 0 unspecified atom stereocenters. The van der Waals surface area contributed by atoms with Crippen molar-refractivity contribution in [3.63, 3.8) is 0 Å². The summed E-state index contributed by atoms with van der Waals surface area (Å²) in [5.41, 5.74) is 6.87. The van der Waals surface area contributed by atoms with Crippen LogP contribution in [-0.2, 0) is 6.42 Å². The number of phenolic OH excluding ortho intramolecular Hbond substituents is 1. The Morgan fingerprint density at radius 1 is 0.844 bits per heavy atom. The van der Waals surface area contributed by atoms with Crippen LogP contribution < -0.4 is 10.1 Å². The minimum absolute atomic E-state index is 0.226. The molecule has 0 aromatic heterocycles. The topological polar surface area (TPSA) is 78.8 Å². The third-order valence-electron chi connectivity index (χ3n) is 5.31. The number of hydrogen-bond acceptors (Lipinski definition) is 3. The number of hydrogen-bond donors (Lipinski definition) is 3. The van der Waals surface area contributed by atoms with Crippen molar-refractivity contribution < 1.29 is 19.7 Å². The van der Waals surface area contributed by atoms with Gasteiger partial charge in [0.2, 0.25) is 0 Å². The Morgan fingerprint density at radius 2 is 1.41 bits per heavy atom. The number of amides is 1. The zero-order valence-electron chi connectivity index (χ0n) is 18.5. The van der Waals surface area contributed by atoms with E-state index in [4.69, 9.17) is 9.84 Å². The Morgan fingerprint density at radius 3 is 1.94 bits per heavy atom. The number of phenols is 1. The zero-order valence-corrected chi connectivity index (χ0v) is 18.5. The fourth-order valence-electron chi connectivity index (χ4n) is 3.65. The van der Waals surface area contributed by atoms with Crippen LogP contribution in [0.25, 0.3) is 11.1 Å². The summed E-state index contributed by atoms with van der Waals surface area (Å²) in [6.07, 6.45) is 0.784. The molecule has 0 saturated heterocycles. The molecule has 0 fully saturated rings. The number of aryl methyl sites for hydroxylation is 1. The van der Waals surface area contributed by atoms with E-state index in [1.54, 1.807) is 12.1 Å². The summed E-state index contributed by atoms with van der Waals surface area (Å²) in [7, 11) is 0. The van der Waals surface area contributed by atoms with Crippen molar-refractivity contribution in [3.05, 3.63) is 95.1 Å². The Labute approximate surface area is 189 Å². The van der Waals surface area contributed by atoms with Gasteiger partial charge in [0.25, 0.3) is 0 Å². The Kier molecular flexibility index (Phi) is 7.92. The van der Waals surface area contributed by atoms with Crippen LogP contribution in [0.15, 0.2) is 72.8 Å². The Bertz CT molecular complexity index is 1050. The van der Waals surface area contributed by atoms with E-state index >= 15 is 0 Å². The molecule has 0 radical (unpaired) electrons. The number of aromatic hydroxyl groups is 1. The summed E-state index contributed by atoms with van der Waals surface area (Å²) >= 11 is 0. The fourth-order valence-corrected chi connectivity index (χ4v) is 3.65. The average Bonchev–Trinajstić information content (AvgIpc) is 2.81. The fraction of sp³-hybridized carbons (Fsp3) is 0.222. The summed E-state index contributed by atoms with van der Waals surface area (Å²) in [5.74, 6) is 0.911. The molecule has 0 spiro atoms. The lowest BCUT2D eigenvalue weighted by atomic mass is 9.88. The van der Waals surface area contributed by atoms with Crippen molar-refractivity contribution in [1.82, 2.24) is 5.32 Å². The van der Waals surface area contributed by atoms with Crippen LogP contribution >= 0.6 is 0 Å². The second-order valence-corrected chi connectivity index (χ2v) is 7.41. The molecule has 0 saturated carbocycles. The van der Waals surface area contributed by atoms with E-state index in [-0.39, 0.29) is 18.9 Å². The highest BCUT2D eigenvalue weighted by molar-refractivity contribution is 5.98. The van der Waals surface area contributed by atoms with Crippen LogP contribution in [0.1, 0.15) is 42.5 Å². The van der Waals surface area contributed by atoms with Crippen molar-refractivity contribution in [2.75, 3.05) is 13.2 Å². The summed E-state index contributed by atoms with van der Waals surface area (Å²) < 4.78 is 5.63. The smallest absolute Gasteiger partial charge is 0.404 e. The maximum Gasteiger partial charge on any atom is 0.404 e. The van der Waals surface area contributed by atoms with E-state index in [9.17, 15) is 9.90 Å². The molecule has 0 bridgehead atoms. The number of benzene rings is 3. The standard InChI is InChI=1S/C27H29NO4/c1-3-19-5-7-20(8-6-19)25(4-2)26(21-9-13-23(29)14-10-21)22-11-15-24(16-12-22)32-18-17-28-27(30)31/h5-16,28-29H,3-4,17-18H2,1-2H3,(H,30,31)/b26-25-. The number of nitrogens with one attached hydrogen (secondary N) is 1. The summed E-state index contributed by atoms with van der Waals surface area (Å²) in [6, 6.07) is 23.8. The van der Waals surface area contributed by atoms with Crippen LogP contribution in [0.2, 0.25) is 0 Å². The molecule has 3 aromatic carbocycles. The molecule has 5 nitrogen and oxygen atoms in total. The molecule has 5 heteroatoms. The summed E-state index contributed by atoms with van der Waals surface area (Å²) in [6.45, 7) is 4.78. The van der Waals surface area contributed by atoms with Gasteiger partial charge in [-0.25, -0.2) is 4.79 Å². The molecule has 0 aliphatic heterocycles. The van der Waals surface area contributed by atoms with Crippen LogP contribution in [0.4, 0.5) is 4.79 Å². The highest BCUT2D eigenvalue weighted by Gasteiger charge is 2.13. The van der Waals surface area contributed by atoms with Crippen LogP contribution in [0.3, 0.4) is 0 Å². The summed E-state index contributed by atoms with van der Waals surface area (Å²) in [5, 5.41) is 20.7. The maximum absolute atomic E-state index is 10.5. The van der Waals surface area contributed by atoms with Crippen molar-refractivity contribution in [1.29, 1.82) is 0 Å². The van der Waals surface area contributed by atoms with Gasteiger partial charge in [-0.3, -0.25) is 0 Å². The minimum Gasteiger partial charge on any atom is -0.508 e. The predicted octanol–water partition coefficient (Wildman–Crippen LogP) is 5.97. The van der Waals surface area contributed by atoms with Crippen LogP contribution in [0.5, 0.6) is 11.5 Å². The minimum atomic E-state index is -1.06. The molecule has 166 valence electrons. The number of carboxylic acid groups (broad SMARTS) is 1. The van der Waals surface area contributed by atoms with E-state index < -0.39 is 6.09 Å². The van der Waals surface area contributed by atoms with Crippen LogP contribution in [-0.4, -0.2) is 29.5 Å². The Balaban J connectivity index is 1.98. The van der Waals surface area contributed by atoms with Crippen molar-refractivity contribution in [3.8, 4) is 11.5 Å². The van der Waals surface area contributed by atoms with Gasteiger partial charge >= 0.3 is 6.09 Å². The molecule has 0 atom stereocenters. The van der Waals surface area contributed by atoms with Crippen molar-refractivity contribution >= 4 is 17.2 Å². The second kappa shape index (κ2) is 11.0. The molecular formula is C27H29NO4. The molecule has 1 amide bonds. The first-order valence-electron chi connectivity index (χ1n) is 10.8. The Hall–Kier alpha value is -3.73. The molecule has 0 heterocycles. The number of rotatable bonds is 9. The van der Waals surface area contributed by atoms with Gasteiger partial charge < -0.3 is 20.3 Å². The first-order valence-corrected chi connectivity index (χ1v) is 10.8. The largest absolute Gasteiger partial charge is 0.508 e. The monoisotopic (exact) mass is 431 g/mol. The third kappa shape index (κ3) is 5.91. The lowest BCUT2D eigenvalue weighted by molar-refractivity contribution is 0.191. The first-order chi connectivity index (χ1) is 15.5. The molecular weight excluding hydrogens is 402 g/mol. The summed E-state index contributed by atoms with van der Waals surface area (Å²) in [4.78, 5) is 10.5. The van der Waals surface area contributed by atoms with E-state index in [0.29, 0.717) is 5.75 Å². The lowest BCUT2D eigenvalue weighted by Crippen LogP contribution is -2.26. The van der Waals surface area contributed by atoms with Gasteiger partial charge in [-0.2, -0.15) is 0 Å². The number of allylic oxidation sites excluding steroid dienone is 1. The number of ether oxygens (including phenoxy) is 1. The van der Waals surface area contributed by atoms with Crippen molar-refractivity contribution in [2.45, 2.75) is 26.7 Å². The normalized spacial score (nSPS) is 11.6. The van der Waals surface area contributed by atoms with Gasteiger partial charge in [0.15, 0.2) is 0 Å². The van der Waals surface area contributed by atoms with Gasteiger partial charge in [-0.05, 0) is 70.5 Å². The van der Waals surface area contributed by atoms with E-state index in [2.05, 4.69) is 43.4 Å². The van der Waals surface area contributed by atoms with Gasteiger partial charge in [0, 0.05) is 0 Å². The predicted molar refractivity (Wildman–Crippen MR) is 128 cm³/mol. The SMILES string of the molecule is CC/C(=C(\c1ccc(O)cc1)c1ccc(OCCNC(=O)O)cc1)c1ccc(CC)cc1. The van der Waals surface area contributed by atoms with Gasteiger partial charge in [0.05, 0.1) is 6.54 Å². The zero-order chi connectivity index (χ0) is 22.9. The first kappa shape index (κ1) is 22.9. The van der Waals surface area contributed by atoms with Crippen molar-refractivity contribution in [2.24, 2.45) is 0 Å². The van der Waals surface area contributed by atoms with Gasteiger partial charge in [0.1, 0.15) is 18.1 Å². The lowest BCUT2D eigenvalue weighted by Gasteiger charge is -2.17. The molecule has 3 rings (SSSR count). The molecule has 3 aromatic rings. The maximum atomic E-state index is 10.5. The van der Waals surface area contributed by atoms with E-state index in [0.717, 1.165) is 29.5 Å². The average molecular weight is 432 g/mol. The van der Waals surface area contributed by atoms with Crippen LogP contribution in [0, 0.1) is 0 Å². The quantitative estimate of drug-likeness (QED) is 0.288. The molecule has 32 heavy (non-hydrogen) atoms. The van der Waals surface area contributed by atoms with Gasteiger partial charge in [-0.1, -0.05) is 62.4 Å². The number of carbonyl (C=O) groups is 1. The van der Waals surface area contributed by atoms with Gasteiger partial charge in [-0.15, -0.1) is 0 Å². The van der Waals surface area contributed by atoms with E-state index in [1.807, 2.05) is 36.4 Å².